The molecule has 8 nitrogen and oxygen atoms in total. The van der Waals surface area contributed by atoms with Crippen LogP contribution in [0.25, 0.3) is 55.7 Å². The van der Waals surface area contributed by atoms with Crippen molar-refractivity contribution in [3.05, 3.63) is 73.1 Å². The Labute approximate surface area is 192 Å². The highest BCUT2D eigenvalue weighted by Gasteiger charge is 2.16. The van der Waals surface area contributed by atoms with E-state index in [1.54, 1.807) is 31.9 Å². The van der Waals surface area contributed by atoms with Gasteiger partial charge in [0.2, 0.25) is 0 Å². The highest BCUT2D eigenvalue weighted by atomic mass is 19.1. The molecule has 0 unspecified atom stereocenters. The first-order valence-corrected chi connectivity index (χ1v) is 10.4. The third-order valence-corrected chi connectivity index (χ3v) is 5.65. The van der Waals surface area contributed by atoms with Crippen LogP contribution >= 0.6 is 0 Å². The predicted octanol–water partition coefficient (Wildman–Crippen LogP) is 5.08. The predicted molar refractivity (Wildman–Crippen MR) is 126 cm³/mol. The second-order valence-electron chi connectivity index (χ2n) is 7.81. The van der Waals surface area contributed by atoms with Gasteiger partial charge in [0, 0.05) is 35.0 Å². The molecule has 0 aliphatic heterocycles. The van der Waals surface area contributed by atoms with Gasteiger partial charge in [-0.1, -0.05) is 0 Å². The van der Waals surface area contributed by atoms with E-state index in [0.29, 0.717) is 28.1 Å². The molecule has 0 spiro atoms. The van der Waals surface area contributed by atoms with Crippen molar-refractivity contribution in [2.45, 2.75) is 0 Å². The van der Waals surface area contributed by atoms with Gasteiger partial charge in [-0.3, -0.25) is 15.1 Å². The number of phenols is 1. The summed E-state index contributed by atoms with van der Waals surface area (Å²) in [5, 5.41) is 18.2. The standard InChI is InChI=1S/C25H17FN6O2/c1-34-17-6-14(9-27-10-17)20-2-3-21-24(30-20)25(32-31-21)22-8-18-19(11-28-12-23(18)29-22)13-4-15(26)7-16(33)5-13/h2-12,29,33H,1H3,(H,31,32). The molecule has 0 fully saturated rings. The van der Waals surface area contributed by atoms with Gasteiger partial charge in [0.1, 0.15) is 28.5 Å². The number of pyridine rings is 3. The number of rotatable bonds is 4. The molecule has 0 bridgehead atoms. The number of fused-ring (bicyclic) bond motifs is 2. The Balaban J connectivity index is 1.49. The van der Waals surface area contributed by atoms with Crippen molar-refractivity contribution >= 4 is 21.9 Å². The van der Waals surface area contributed by atoms with Crippen LogP contribution in [0.15, 0.2) is 67.3 Å². The van der Waals surface area contributed by atoms with Gasteiger partial charge in [-0.15, -0.1) is 0 Å². The lowest BCUT2D eigenvalue weighted by molar-refractivity contribution is 0.413. The molecule has 9 heteroatoms. The van der Waals surface area contributed by atoms with E-state index in [1.807, 2.05) is 24.3 Å². The maximum absolute atomic E-state index is 13.9. The molecule has 5 heterocycles. The molecule has 0 aliphatic carbocycles. The van der Waals surface area contributed by atoms with Crippen molar-refractivity contribution in [3.63, 3.8) is 0 Å². The van der Waals surface area contributed by atoms with Gasteiger partial charge in [0.05, 0.1) is 41.9 Å². The molecule has 0 aliphatic rings. The van der Waals surface area contributed by atoms with E-state index in [1.165, 1.54) is 12.1 Å². The maximum Gasteiger partial charge on any atom is 0.137 e. The van der Waals surface area contributed by atoms with Gasteiger partial charge in [-0.2, -0.15) is 5.10 Å². The Kier molecular flexibility index (Phi) is 4.48. The topological polar surface area (TPSA) is 113 Å². The van der Waals surface area contributed by atoms with Crippen LogP contribution in [-0.2, 0) is 0 Å². The van der Waals surface area contributed by atoms with E-state index >= 15 is 0 Å². The Morgan fingerprint density at radius 1 is 0.912 bits per heavy atom. The van der Waals surface area contributed by atoms with Gasteiger partial charge < -0.3 is 14.8 Å². The van der Waals surface area contributed by atoms with E-state index in [4.69, 9.17) is 9.72 Å². The zero-order valence-corrected chi connectivity index (χ0v) is 17.9. The molecule has 34 heavy (non-hydrogen) atoms. The van der Waals surface area contributed by atoms with Gasteiger partial charge in [0.25, 0.3) is 0 Å². The Bertz CT molecular complexity index is 1670. The molecule has 0 saturated heterocycles. The summed E-state index contributed by atoms with van der Waals surface area (Å²) in [4.78, 5) is 16.6. The molecule has 0 amide bonds. The third-order valence-electron chi connectivity index (χ3n) is 5.65. The number of halogens is 1. The molecule has 5 aromatic heterocycles. The van der Waals surface area contributed by atoms with Crippen LogP contribution in [0, 0.1) is 5.82 Å². The highest BCUT2D eigenvalue weighted by molar-refractivity contribution is 6.00. The van der Waals surface area contributed by atoms with E-state index < -0.39 is 5.82 Å². The Morgan fingerprint density at radius 3 is 2.65 bits per heavy atom. The lowest BCUT2D eigenvalue weighted by Crippen LogP contribution is -1.89. The smallest absolute Gasteiger partial charge is 0.137 e. The molecular weight excluding hydrogens is 435 g/mol. The summed E-state index contributed by atoms with van der Waals surface area (Å²) in [6.45, 7) is 0. The van der Waals surface area contributed by atoms with E-state index in [9.17, 15) is 9.50 Å². The third kappa shape index (κ3) is 3.30. The van der Waals surface area contributed by atoms with Crippen LogP contribution in [0.1, 0.15) is 0 Å². The number of phenolic OH excluding ortho intramolecular Hbond substituents is 1. The quantitative estimate of drug-likeness (QED) is 0.344. The molecule has 1 aromatic carbocycles. The summed E-state index contributed by atoms with van der Waals surface area (Å²) in [6, 6.07) is 11.5. The number of hydrogen-bond acceptors (Lipinski definition) is 6. The van der Waals surface area contributed by atoms with Crippen molar-refractivity contribution in [2.24, 2.45) is 0 Å². The average molecular weight is 452 g/mol. The second-order valence-corrected chi connectivity index (χ2v) is 7.81. The summed E-state index contributed by atoms with van der Waals surface area (Å²) in [5.41, 5.74) is 6.34. The summed E-state index contributed by atoms with van der Waals surface area (Å²) < 4.78 is 19.2. The first-order valence-electron chi connectivity index (χ1n) is 10.4. The minimum atomic E-state index is -0.523. The number of H-pyrrole nitrogens is 2. The lowest BCUT2D eigenvalue weighted by Gasteiger charge is -2.04. The Morgan fingerprint density at radius 2 is 1.79 bits per heavy atom. The van der Waals surface area contributed by atoms with Crippen LogP contribution in [0.5, 0.6) is 11.5 Å². The van der Waals surface area contributed by atoms with Crippen molar-refractivity contribution in [1.82, 2.24) is 30.1 Å². The summed E-state index contributed by atoms with van der Waals surface area (Å²) >= 11 is 0. The average Bonchev–Trinajstić information content (AvgIpc) is 3.46. The van der Waals surface area contributed by atoms with Crippen LogP contribution in [-0.4, -0.2) is 42.3 Å². The minimum Gasteiger partial charge on any atom is -0.508 e. The summed E-state index contributed by atoms with van der Waals surface area (Å²) in [6.07, 6.45) is 6.70. The number of nitrogens with one attached hydrogen (secondary N) is 2. The van der Waals surface area contributed by atoms with Gasteiger partial charge >= 0.3 is 0 Å². The SMILES string of the molecule is COc1cncc(-c2ccc3[nH]nc(-c4cc5c(-c6cc(O)cc(F)c6)cncc5[nH]4)c3n2)c1. The number of aromatic amines is 2. The fourth-order valence-electron chi connectivity index (χ4n) is 4.06. The number of methoxy groups -OCH3 is 1. The normalized spacial score (nSPS) is 11.4. The van der Waals surface area contributed by atoms with Crippen molar-refractivity contribution in [1.29, 1.82) is 0 Å². The lowest BCUT2D eigenvalue weighted by atomic mass is 10.0. The number of aromatic nitrogens is 6. The maximum atomic E-state index is 13.9. The molecule has 0 atom stereocenters. The molecule has 0 radical (unpaired) electrons. The zero-order valence-electron chi connectivity index (χ0n) is 17.9. The molecular formula is C25H17FN6O2. The molecule has 6 rings (SSSR count). The fraction of sp³-hybridized carbons (Fsp3) is 0.0400. The van der Waals surface area contributed by atoms with Gasteiger partial charge in [-0.25, -0.2) is 9.37 Å². The fourth-order valence-corrected chi connectivity index (χ4v) is 4.06. The largest absolute Gasteiger partial charge is 0.508 e. The first-order chi connectivity index (χ1) is 16.6. The second kappa shape index (κ2) is 7.66. The molecule has 0 saturated carbocycles. The summed E-state index contributed by atoms with van der Waals surface area (Å²) in [7, 11) is 1.59. The molecule has 166 valence electrons. The zero-order chi connectivity index (χ0) is 23.2. The highest BCUT2D eigenvalue weighted by Crippen LogP contribution is 2.35. The van der Waals surface area contributed by atoms with E-state index in [2.05, 4.69) is 25.1 Å². The Hall–Kier alpha value is -4.79. The minimum absolute atomic E-state index is 0.148. The molecule has 6 aromatic rings. The number of hydrogen-bond donors (Lipinski definition) is 3. The van der Waals surface area contributed by atoms with Crippen molar-refractivity contribution in [3.8, 4) is 45.3 Å². The van der Waals surface area contributed by atoms with Gasteiger partial charge in [-0.05, 0) is 42.0 Å². The number of ether oxygens (including phenoxy) is 1. The van der Waals surface area contributed by atoms with Crippen LogP contribution in [0.4, 0.5) is 4.39 Å². The van der Waals surface area contributed by atoms with Crippen molar-refractivity contribution < 1.29 is 14.2 Å². The van der Waals surface area contributed by atoms with E-state index in [0.717, 1.165) is 39.4 Å². The summed E-state index contributed by atoms with van der Waals surface area (Å²) in [5.74, 6) is -0.0273. The number of benzene rings is 1. The molecule has 3 N–H and O–H groups in total. The van der Waals surface area contributed by atoms with Crippen LogP contribution in [0.3, 0.4) is 0 Å². The monoisotopic (exact) mass is 452 g/mol. The van der Waals surface area contributed by atoms with Crippen LogP contribution in [0.2, 0.25) is 0 Å². The van der Waals surface area contributed by atoms with Gasteiger partial charge in [0.15, 0.2) is 0 Å². The number of aromatic hydroxyl groups is 1. The first kappa shape index (κ1) is 19.9. The van der Waals surface area contributed by atoms with Crippen molar-refractivity contribution in [2.75, 3.05) is 7.11 Å². The number of nitrogens with zero attached hydrogens (tertiary/aromatic N) is 4. The van der Waals surface area contributed by atoms with E-state index in [-0.39, 0.29) is 5.75 Å². The van der Waals surface area contributed by atoms with Crippen LogP contribution < -0.4 is 4.74 Å².